The van der Waals surface area contributed by atoms with Gasteiger partial charge in [0.05, 0.1) is 18.3 Å². The number of fused-ring (bicyclic) bond motifs is 3. The number of ether oxygens (including phenoxy) is 2. The van der Waals surface area contributed by atoms with E-state index in [-0.39, 0.29) is 18.7 Å². The van der Waals surface area contributed by atoms with Gasteiger partial charge in [0, 0.05) is 4.88 Å². The Morgan fingerprint density at radius 2 is 1.77 bits per heavy atom. The lowest BCUT2D eigenvalue weighted by Crippen LogP contribution is -2.30. The number of benzene rings is 2. The minimum Gasteiger partial charge on any atom is -0.491 e. The summed E-state index contributed by atoms with van der Waals surface area (Å²) in [5.74, 6) is 2.09. The highest BCUT2D eigenvalue weighted by Crippen LogP contribution is 2.34. The van der Waals surface area contributed by atoms with Crippen LogP contribution in [0.15, 0.2) is 65.7 Å². The molecule has 2 heterocycles. The van der Waals surface area contributed by atoms with E-state index >= 15 is 0 Å². The molecule has 158 valence electrons. The molecule has 1 unspecified atom stereocenters. The summed E-state index contributed by atoms with van der Waals surface area (Å²) in [6.07, 6.45) is 3.75. The number of thiophene rings is 1. The van der Waals surface area contributed by atoms with Crippen molar-refractivity contribution in [1.82, 2.24) is 9.55 Å². The maximum Gasteiger partial charge on any atom is 0.262 e. The van der Waals surface area contributed by atoms with Gasteiger partial charge in [0.15, 0.2) is 0 Å². The van der Waals surface area contributed by atoms with E-state index in [1.807, 2.05) is 42.5 Å². The summed E-state index contributed by atoms with van der Waals surface area (Å²) >= 11 is 1.62. The van der Waals surface area contributed by atoms with Crippen LogP contribution in [0.25, 0.3) is 10.2 Å². The van der Waals surface area contributed by atoms with Crippen molar-refractivity contribution < 1.29 is 14.6 Å². The zero-order valence-corrected chi connectivity index (χ0v) is 17.7. The fourth-order valence-electron chi connectivity index (χ4n) is 3.85. The van der Waals surface area contributed by atoms with E-state index in [1.54, 1.807) is 23.5 Å². The standard InChI is InChI=1S/C24H22N2O4S/c27-16(13-26-15-25-23-22(24(26)28)20-7-4-8-21(20)31-23)14-29-17-9-11-19(12-10-17)30-18-5-2-1-3-6-18/h1-3,5-6,9-12,15-16,27H,4,7-8,13-14H2. The van der Waals surface area contributed by atoms with Gasteiger partial charge in [-0.05, 0) is 61.2 Å². The van der Waals surface area contributed by atoms with Gasteiger partial charge in [-0.1, -0.05) is 18.2 Å². The average molecular weight is 435 g/mol. The van der Waals surface area contributed by atoms with Crippen LogP contribution in [0.5, 0.6) is 17.2 Å². The van der Waals surface area contributed by atoms with Gasteiger partial charge in [-0.2, -0.15) is 0 Å². The molecule has 4 aromatic rings. The average Bonchev–Trinajstić information content (AvgIpc) is 3.37. The third-order valence-electron chi connectivity index (χ3n) is 5.34. The molecule has 1 N–H and O–H groups in total. The molecule has 0 amide bonds. The molecule has 0 fully saturated rings. The van der Waals surface area contributed by atoms with Crippen LogP contribution in [-0.4, -0.2) is 27.4 Å². The van der Waals surface area contributed by atoms with Crippen LogP contribution in [0.1, 0.15) is 16.9 Å². The van der Waals surface area contributed by atoms with Crippen LogP contribution in [0.4, 0.5) is 0 Å². The molecule has 0 saturated heterocycles. The smallest absolute Gasteiger partial charge is 0.262 e. The molecule has 0 radical (unpaired) electrons. The lowest BCUT2D eigenvalue weighted by molar-refractivity contribution is 0.0914. The molecule has 1 aliphatic rings. The molecule has 0 spiro atoms. The molecule has 31 heavy (non-hydrogen) atoms. The molecule has 2 aromatic carbocycles. The molecule has 1 aliphatic carbocycles. The Morgan fingerprint density at radius 3 is 2.58 bits per heavy atom. The van der Waals surface area contributed by atoms with Gasteiger partial charge in [-0.15, -0.1) is 11.3 Å². The number of aromatic nitrogens is 2. The summed E-state index contributed by atoms with van der Waals surface area (Å²) in [6.45, 7) is 0.215. The van der Waals surface area contributed by atoms with Gasteiger partial charge in [0.25, 0.3) is 5.56 Å². The Labute approximate surface area is 183 Å². The van der Waals surface area contributed by atoms with Gasteiger partial charge >= 0.3 is 0 Å². The summed E-state index contributed by atoms with van der Waals surface area (Å²) in [5.41, 5.74) is 1.07. The molecule has 7 heteroatoms. The normalized spacial score (nSPS) is 13.8. The number of hydrogen-bond donors (Lipinski definition) is 1. The van der Waals surface area contributed by atoms with Crippen LogP contribution in [0.3, 0.4) is 0 Å². The summed E-state index contributed by atoms with van der Waals surface area (Å²) in [4.78, 5) is 19.4. The first kappa shape index (κ1) is 19.8. The Kier molecular flexibility index (Phi) is 5.44. The quantitative estimate of drug-likeness (QED) is 0.472. The van der Waals surface area contributed by atoms with Gasteiger partial charge in [-0.25, -0.2) is 4.98 Å². The summed E-state index contributed by atoms with van der Waals surface area (Å²) < 4.78 is 12.9. The first-order valence-electron chi connectivity index (χ1n) is 10.3. The molecule has 0 saturated carbocycles. The van der Waals surface area contributed by atoms with Crippen LogP contribution in [0.2, 0.25) is 0 Å². The van der Waals surface area contributed by atoms with E-state index in [0.29, 0.717) is 11.5 Å². The van der Waals surface area contributed by atoms with Crippen LogP contribution in [-0.2, 0) is 19.4 Å². The minimum atomic E-state index is -0.830. The fraction of sp³-hybridized carbons (Fsp3) is 0.250. The minimum absolute atomic E-state index is 0.0745. The third kappa shape index (κ3) is 4.19. The first-order chi connectivity index (χ1) is 15.2. The number of nitrogens with zero attached hydrogens (tertiary/aromatic N) is 2. The van der Waals surface area contributed by atoms with Crippen molar-refractivity contribution in [2.75, 3.05) is 6.61 Å². The maximum absolute atomic E-state index is 12.9. The van der Waals surface area contributed by atoms with Crippen molar-refractivity contribution in [3.8, 4) is 17.2 Å². The highest BCUT2D eigenvalue weighted by atomic mass is 32.1. The second kappa shape index (κ2) is 8.53. The molecule has 5 rings (SSSR count). The third-order valence-corrected chi connectivity index (χ3v) is 6.54. The number of rotatable bonds is 7. The van der Waals surface area contributed by atoms with Crippen LogP contribution in [0, 0.1) is 0 Å². The second-order valence-electron chi connectivity index (χ2n) is 7.59. The van der Waals surface area contributed by atoms with Crippen molar-refractivity contribution in [2.45, 2.75) is 31.9 Å². The van der Waals surface area contributed by atoms with Gasteiger partial charge < -0.3 is 14.6 Å². The number of aliphatic hydroxyl groups excluding tert-OH is 1. The summed E-state index contributed by atoms with van der Waals surface area (Å²) in [5, 5.41) is 11.1. The maximum atomic E-state index is 12.9. The second-order valence-corrected chi connectivity index (χ2v) is 8.67. The Hall–Kier alpha value is -3.16. The largest absolute Gasteiger partial charge is 0.491 e. The van der Waals surface area contributed by atoms with Gasteiger partial charge in [-0.3, -0.25) is 9.36 Å². The number of hydrogen-bond acceptors (Lipinski definition) is 6. The van der Waals surface area contributed by atoms with Crippen LogP contribution >= 0.6 is 11.3 Å². The molecule has 1 atom stereocenters. The highest BCUT2D eigenvalue weighted by Gasteiger charge is 2.21. The van der Waals surface area contributed by atoms with Gasteiger partial charge in [0.1, 0.15) is 34.8 Å². The predicted molar refractivity (Wildman–Crippen MR) is 120 cm³/mol. The summed E-state index contributed by atoms with van der Waals surface area (Å²) in [6, 6.07) is 16.8. The Balaban J connectivity index is 1.21. The molecule has 0 aliphatic heterocycles. The van der Waals surface area contributed by atoms with E-state index in [4.69, 9.17) is 9.47 Å². The zero-order chi connectivity index (χ0) is 21.2. The lowest BCUT2D eigenvalue weighted by Gasteiger charge is -2.14. The van der Waals surface area contributed by atoms with Crippen molar-refractivity contribution in [1.29, 1.82) is 0 Å². The molecule has 2 aromatic heterocycles. The number of aliphatic hydroxyl groups is 1. The topological polar surface area (TPSA) is 73.6 Å². The molecular formula is C24H22N2O4S. The molecule has 6 nitrogen and oxygen atoms in total. The Bertz CT molecular complexity index is 1250. The van der Waals surface area contributed by atoms with E-state index in [9.17, 15) is 9.90 Å². The van der Waals surface area contributed by atoms with Crippen LogP contribution < -0.4 is 15.0 Å². The fourth-order valence-corrected chi connectivity index (χ4v) is 5.07. The predicted octanol–water partition coefficient (Wildman–Crippen LogP) is 4.18. The monoisotopic (exact) mass is 434 g/mol. The molecular weight excluding hydrogens is 412 g/mol. The first-order valence-corrected chi connectivity index (χ1v) is 11.1. The van der Waals surface area contributed by atoms with E-state index in [0.717, 1.165) is 40.8 Å². The van der Waals surface area contributed by atoms with Crippen molar-refractivity contribution in [2.24, 2.45) is 0 Å². The molecule has 0 bridgehead atoms. The van der Waals surface area contributed by atoms with E-state index in [2.05, 4.69) is 4.98 Å². The van der Waals surface area contributed by atoms with Crippen molar-refractivity contribution >= 4 is 21.6 Å². The van der Waals surface area contributed by atoms with Gasteiger partial charge in [0.2, 0.25) is 0 Å². The Morgan fingerprint density at radius 1 is 1.03 bits per heavy atom. The number of aryl methyl sites for hydroxylation is 2. The van der Waals surface area contributed by atoms with Crippen molar-refractivity contribution in [3.63, 3.8) is 0 Å². The summed E-state index contributed by atoms with van der Waals surface area (Å²) in [7, 11) is 0. The van der Waals surface area contributed by atoms with E-state index < -0.39 is 6.10 Å². The lowest BCUT2D eigenvalue weighted by atomic mass is 10.2. The van der Waals surface area contributed by atoms with Crippen molar-refractivity contribution in [3.05, 3.63) is 81.7 Å². The SMILES string of the molecule is O=c1c2c3c(sc2ncn1CC(O)COc1ccc(Oc2ccccc2)cc1)CCC3. The highest BCUT2D eigenvalue weighted by molar-refractivity contribution is 7.18. The number of para-hydroxylation sites is 1. The zero-order valence-electron chi connectivity index (χ0n) is 16.9. The van der Waals surface area contributed by atoms with E-state index in [1.165, 1.54) is 15.8 Å².